The Labute approximate surface area is 171 Å². The third-order valence-electron chi connectivity index (χ3n) is 3.83. The van der Waals surface area contributed by atoms with Crippen LogP contribution in [0.15, 0.2) is 37.1 Å². The van der Waals surface area contributed by atoms with Crippen molar-refractivity contribution in [2.75, 3.05) is 33.2 Å². The highest BCUT2D eigenvalue weighted by Crippen LogP contribution is 2.20. The molecule has 0 bridgehead atoms. The summed E-state index contributed by atoms with van der Waals surface area (Å²) >= 11 is 5.20. The third-order valence-corrected chi connectivity index (χ3v) is 5.39. The van der Waals surface area contributed by atoms with Crippen LogP contribution in [-0.4, -0.2) is 54.1 Å². The summed E-state index contributed by atoms with van der Waals surface area (Å²) in [6, 6.07) is 4.06. The van der Waals surface area contributed by atoms with E-state index in [1.54, 1.807) is 17.6 Å². The van der Waals surface area contributed by atoms with E-state index in [2.05, 4.69) is 52.6 Å². The van der Waals surface area contributed by atoms with Crippen molar-refractivity contribution in [3.05, 3.63) is 38.8 Å². The molecule has 0 atom stereocenters. The first kappa shape index (κ1) is 19.7. The number of thiophene rings is 1. The van der Waals surface area contributed by atoms with Crippen molar-refractivity contribution in [2.24, 2.45) is 4.99 Å². The minimum absolute atomic E-state index is 0. The molecule has 0 aromatic carbocycles. The summed E-state index contributed by atoms with van der Waals surface area (Å²) in [6.07, 6.45) is 1.63. The second kappa shape index (κ2) is 9.73. The largest absolute Gasteiger partial charge is 0.364 e. The smallest absolute Gasteiger partial charge is 0.194 e. The average molecular weight is 526 g/mol. The molecule has 1 N–H and O–H groups in total. The fourth-order valence-corrected chi connectivity index (χ4v) is 3.83. The van der Waals surface area contributed by atoms with Gasteiger partial charge in [-0.25, -0.2) is 0 Å². The lowest BCUT2D eigenvalue weighted by atomic mass is 10.3. The Bertz CT molecular complexity index is 640. The highest BCUT2D eigenvalue weighted by Gasteiger charge is 2.20. The van der Waals surface area contributed by atoms with Gasteiger partial charge in [-0.3, -0.25) is 9.89 Å². The maximum atomic E-state index is 4.89. The Morgan fingerprint density at radius 3 is 2.79 bits per heavy atom. The molecular formula is C15H21BrIN5OS. The topological polar surface area (TPSA) is 56.9 Å². The molecule has 132 valence electrons. The molecule has 2 aromatic heterocycles. The van der Waals surface area contributed by atoms with Gasteiger partial charge >= 0.3 is 0 Å². The first-order valence-corrected chi connectivity index (χ1v) is 9.22. The molecule has 1 aliphatic heterocycles. The quantitative estimate of drug-likeness (QED) is 0.378. The molecule has 3 heterocycles. The number of guanidine groups is 1. The fourth-order valence-electron chi connectivity index (χ4n) is 2.62. The Morgan fingerprint density at radius 1 is 1.42 bits per heavy atom. The lowest BCUT2D eigenvalue weighted by Crippen LogP contribution is -2.52. The van der Waals surface area contributed by atoms with Gasteiger partial charge in [0.2, 0.25) is 0 Å². The summed E-state index contributed by atoms with van der Waals surface area (Å²) in [5, 5.41) is 9.57. The molecule has 0 spiro atoms. The Balaban J connectivity index is 0.00000208. The van der Waals surface area contributed by atoms with Gasteiger partial charge in [0, 0.05) is 52.4 Å². The summed E-state index contributed by atoms with van der Waals surface area (Å²) in [7, 11) is 1.84. The van der Waals surface area contributed by atoms with Gasteiger partial charge in [-0.15, -0.1) is 35.3 Å². The van der Waals surface area contributed by atoms with Crippen LogP contribution >= 0.6 is 51.2 Å². The number of hydrogen-bond donors (Lipinski definition) is 1. The Hall–Kier alpha value is -0.650. The Morgan fingerprint density at radius 2 is 2.21 bits per heavy atom. The van der Waals surface area contributed by atoms with Crippen LogP contribution in [0, 0.1) is 0 Å². The molecular weight excluding hydrogens is 505 g/mol. The maximum absolute atomic E-state index is 4.89. The molecule has 0 aliphatic carbocycles. The van der Waals surface area contributed by atoms with E-state index in [9.17, 15) is 0 Å². The number of nitrogens with one attached hydrogen (secondary N) is 1. The second-order valence-electron chi connectivity index (χ2n) is 5.41. The number of aliphatic imine (C=N–C) groups is 1. The van der Waals surface area contributed by atoms with Crippen molar-refractivity contribution in [3.63, 3.8) is 0 Å². The number of nitrogens with zero attached hydrogens (tertiary/aromatic N) is 4. The summed E-state index contributed by atoms with van der Waals surface area (Å²) < 4.78 is 6.05. The van der Waals surface area contributed by atoms with E-state index < -0.39 is 0 Å². The average Bonchev–Trinajstić information content (AvgIpc) is 3.21. The van der Waals surface area contributed by atoms with Gasteiger partial charge < -0.3 is 14.7 Å². The lowest BCUT2D eigenvalue weighted by Gasteiger charge is -2.36. The van der Waals surface area contributed by atoms with Crippen LogP contribution in [0.1, 0.15) is 11.3 Å². The van der Waals surface area contributed by atoms with Crippen molar-refractivity contribution in [1.82, 2.24) is 20.3 Å². The third kappa shape index (κ3) is 5.43. The maximum Gasteiger partial charge on any atom is 0.194 e. The molecule has 9 heteroatoms. The highest BCUT2D eigenvalue weighted by atomic mass is 127. The molecule has 1 aliphatic rings. The molecule has 0 amide bonds. The van der Waals surface area contributed by atoms with Gasteiger partial charge in [0.15, 0.2) is 5.96 Å². The number of hydrogen-bond acceptors (Lipinski definition) is 5. The lowest BCUT2D eigenvalue weighted by molar-refractivity contribution is 0.169. The van der Waals surface area contributed by atoms with E-state index in [0.717, 1.165) is 54.7 Å². The van der Waals surface area contributed by atoms with Crippen molar-refractivity contribution < 1.29 is 4.52 Å². The van der Waals surface area contributed by atoms with E-state index in [4.69, 9.17) is 4.52 Å². The van der Waals surface area contributed by atoms with Crippen molar-refractivity contribution >= 4 is 57.2 Å². The van der Waals surface area contributed by atoms with Gasteiger partial charge in [-0.05, 0) is 32.9 Å². The van der Waals surface area contributed by atoms with Crippen LogP contribution in [0.25, 0.3) is 0 Å². The molecule has 0 radical (unpaired) electrons. The van der Waals surface area contributed by atoms with Crippen LogP contribution in [-0.2, 0) is 13.1 Å². The van der Waals surface area contributed by atoms with Crippen molar-refractivity contribution in [3.8, 4) is 0 Å². The molecule has 3 rings (SSSR count). The molecule has 0 saturated carbocycles. The first-order chi connectivity index (χ1) is 11.2. The zero-order valence-electron chi connectivity index (χ0n) is 13.4. The van der Waals surface area contributed by atoms with Crippen LogP contribution in [0.4, 0.5) is 0 Å². The summed E-state index contributed by atoms with van der Waals surface area (Å²) in [4.78, 5) is 9.10. The van der Waals surface area contributed by atoms with Crippen molar-refractivity contribution in [2.45, 2.75) is 13.1 Å². The molecule has 24 heavy (non-hydrogen) atoms. The normalized spacial score (nSPS) is 16.1. The minimum atomic E-state index is 0. The van der Waals surface area contributed by atoms with Gasteiger partial charge in [0.05, 0.1) is 9.48 Å². The predicted octanol–water partition coefficient (Wildman–Crippen LogP) is 3.01. The summed E-state index contributed by atoms with van der Waals surface area (Å²) in [5.41, 5.74) is 2.26. The van der Waals surface area contributed by atoms with Gasteiger partial charge in [0.1, 0.15) is 6.26 Å². The molecule has 6 nitrogen and oxygen atoms in total. The number of piperazine rings is 1. The van der Waals surface area contributed by atoms with E-state index in [0.29, 0.717) is 0 Å². The summed E-state index contributed by atoms with van der Waals surface area (Å²) in [5.74, 6) is 0.966. The van der Waals surface area contributed by atoms with Crippen molar-refractivity contribution in [1.29, 1.82) is 0 Å². The van der Waals surface area contributed by atoms with E-state index in [1.807, 2.05) is 13.1 Å². The predicted molar refractivity (Wildman–Crippen MR) is 111 cm³/mol. The molecule has 1 saturated heterocycles. The highest BCUT2D eigenvalue weighted by molar-refractivity contribution is 14.0. The number of halogens is 2. The standard InChI is InChI=1S/C15H20BrN5OS.HI/c1-17-15(18-9-12-8-14(16)23-11-12)21-5-3-20(4-6-21)10-13-2-7-22-19-13;/h2,7-8,11H,3-6,9-10H2,1H3,(H,17,18);1H. The number of aromatic nitrogens is 1. The van der Waals surface area contributed by atoms with Crippen LogP contribution in [0.5, 0.6) is 0 Å². The first-order valence-electron chi connectivity index (χ1n) is 7.54. The van der Waals surface area contributed by atoms with Gasteiger partial charge in [-0.2, -0.15) is 0 Å². The Kier molecular flexibility index (Phi) is 7.98. The van der Waals surface area contributed by atoms with Gasteiger partial charge in [-0.1, -0.05) is 5.16 Å². The number of rotatable bonds is 4. The monoisotopic (exact) mass is 525 g/mol. The van der Waals surface area contributed by atoms with Crippen LogP contribution in [0.2, 0.25) is 0 Å². The van der Waals surface area contributed by atoms with Crippen LogP contribution in [0.3, 0.4) is 0 Å². The van der Waals surface area contributed by atoms with Gasteiger partial charge in [0.25, 0.3) is 0 Å². The van der Waals surface area contributed by atoms with E-state index >= 15 is 0 Å². The molecule has 0 unspecified atom stereocenters. The fraction of sp³-hybridized carbons (Fsp3) is 0.467. The zero-order valence-corrected chi connectivity index (χ0v) is 18.2. The molecule has 1 fully saturated rings. The molecule has 2 aromatic rings. The second-order valence-corrected chi connectivity index (χ2v) is 7.70. The minimum Gasteiger partial charge on any atom is -0.364 e. The van der Waals surface area contributed by atoms with Crippen LogP contribution < -0.4 is 5.32 Å². The SMILES string of the molecule is CN=C(NCc1csc(Br)c1)N1CCN(Cc2ccon2)CC1.I. The zero-order chi connectivity index (χ0) is 16.1. The summed E-state index contributed by atoms with van der Waals surface area (Å²) in [6.45, 7) is 5.57. The van der Waals surface area contributed by atoms with E-state index in [1.165, 1.54) is 5.56 Å². The van der Waals surface area contributed by atoms with E-state index in [-0.39, 0.29) is 24.0 Å².